The van der Waals surface area contributed by atoms with Gasteiger partial charge in [-0.3, -0.25) is 14.8 Å². The smallest absolute Gasteiger partial charge is 0.331 e. The normalized spacial score (nSPS) is 10.9. The van der Waals surface area contributed by atoms with Gasteiger partial charge in [0, 0.05) is 29.4 Å². The maximum atomic E-state index is 12.1. The van der Waals surface area contributed by atoms with Gasteiger partial charge in [0.15, 0.2) is 6.61 Å². The number of hydrogen-bond donors (Lipinski definition) is 2. The van der Waals surface area contributed by atoms with E-state index in [0.29, 0.717) is 6.54 Å². The SMILES string of the molecule is CC(C)NC(=O)NC(=O)COC(=O)/C=C/c1cn(Cc2ccccc2)nc1-c1ccccc1. The fourth-order valence-electron chi connectivity index (χ4n) is 3.03. The number of aromatic nitrogens is 2. The molecule has 33 heavy (non-hydrogen) atoms. The molecule has 2 N–H and O–H groups in total. The largest absolute Gasteiger partial charge is 0.452 e. The van der Waals surface area contributed by atoms with Crippen molar-refractivity contribution in [2.45, 2.75) is 26.4 Å². The van der Waals surface area contributed by atoms with E-state index in [1.54, 1.807) is 19.9 Å². The van der Waals surface area contributed by atoms with Crippen LogP contribution in [0.5, 0.6) is 0 Å². The maximum absolute atomic E-state index is 12.1. The summed E-state index contributed by atoms with van der Waals surface area (Å²) < 4.78 is 6.74. The lowest BCUT2D eigenvalue weighted by Crippen LogP contribution is -2.43. The summed E-state index contributed by atoms with van der Waals surface area (Å²) in [5, 5.41) is 9.30. The van der Waals surface area contributed by atoms with Gasteiger partial charge in [-0.2, -0.15) is 5.10 Å². The number of esters is 1. The minimum Gasteiger partial charge on any atom is -0.452 e. The summed E-state index contributed by atoms with van der Waals surface area (Å²) in [7, 11) is 0. The standard InChI is InChI=1S/C25H26N4O4/c1-18(2)26-25(32)27-22(30)17-33-23(31)14-13-21-16-29(15-19-9-5-3-6-10-19)28-24(21)20-11-7-4-8-12-20/h3-14,16,18H,15,17H2,1-2H3,(H2,26,27,30,32)/b14-13+. The number of hydrogen-bond acceptors (Lipinski definition) is 5. The Bertz CT molecular complexity index is 1120. The van der Waals surface area contributed by atoms with Gasteiger partial charge in [-0.05, 0) is 25.5 Å². The number of imide groups is 1. The van der Waals surface area contributed by atoms with Crippen molar-refractivity contribution in [1.82, 2.24) is 20.4 Å². The lowest BCUT2D eigenvalue weighted by Gasteiger charge is -2.08. The zero-order valence-electron chi connectivity index (χ0n) is 18.5. The zero-order valence-corrected chi connectivity index (χ0v) is 18.5. The Kier molecular flexibility index (Phi) is 8.13. The highest BCUT2D eigenvalue weighted by Crippen LogP contribution is 2.23. The predicted molar refractivity (Wildman–Crippen MR) is 125 cm³/mol. The second-order valence-electron chi connectivity index (χ2n) is 7.60. The number of urea groups is 1. The van der Waals surface area contributed by atoms with Crippen molar-refractivity contribution in [2.24, 2.45) is 0 Å². The molecule has 170 valence electrons. The van der Waals surface area contributed by atoms with Crippen LogP contribution >= 0.6 is 0 Å². The molecule has 8 nitrogen and oxygen atoms in total. The molecule has 1 aromatic heterocycles. The topological polar surface area (TPSA) is 102 Å². The number of benzene rings is 2. The molecule has 0 saturated carbocycles. The Balaban J connectivity index is 1.67. The number of carbonyl (C=O) groups excluding carboxylic acids is 3. The molecule has 0 bridgehead atoms. The third-order valence-electron chi connectivity index (χ3n) is 4.44. The van der Waals surface area contributed by atoms with Gasteiger partial charge in [0.05, 0.1) is 12.2 Å². The fourth-order valence-corrected chi connectivity index (χ4v) is 3.03. The molecule has 3 aromatic rings. The van der Waals surface area contributed by atoms with Gasteiger partial charge in [-0.25, -0.2) is 9.59 Å². The molecule has 0 unspecified atom stereocenters. The van der Waals surface area contributed by atoms with E-state index in [9.17, 15) is 14.4 Å². The van der Waals surface area contributed by atoms with Crippen molar-refractivity contribution in [1.29, 1.82) is 0 Å². The summed E-state index contributed by atoms with van der Waals surface area (Å²) >= 11 is 0. The molecule has 8 heteroatoms. The maximum Gasteiger partial charge on any atom is 0.331 e. The van der Waals surface area contributed by atoms with E-state index >= 15 is 0 Å². The Morgan fingerprint density at radius 3 is 2.36 bits per heavy atom. The van der Waals surface area contributed by atoms with Crippen LogP contribution in [0.3, 0.4) is 0 Å². The average Bonchev–Trinajstić information content (AvgIpc) is 3.19. The van der Waals surface area contributed by atoms with Gasteiger partial charge >= 0.3 is 12.0 Å². The first-order chi connectivity index (χ1) is 15.9. The van der Waals surface area contributed by atoms with Gasteiger partial charge in [-0.15, -0.1) is 0 Å². The van der Waals surface area contributed by atoms with Crippen molar-refractivity contribution >= 4 is 24.0 Å². The lowest BCUT2D eigenvalue weighted by atomic mass is 10.1. The molecule has 2 aromatic carbocycles. The van der Waals surface area contributed by atoms with Gasteiger partial charge in [0.2, 0.25) is 0 Å². The van der Waals surface area contributed by atoms with Crippen LogP contribution in [0.1, 0.15) is 25.0 Å². The number of nitrogens with one attached hydrogen (secondary N) is 2. The predicted octanol–water partition coefficient (Wildman–Crippen LogP) is 3.39. The van der Waals surface area contributed by atoms with Crippen molar-refractivity contribution in [2.75, 3.05) is 6.61 Å². The highest BCUT2D eigenvalue weighted by molar-refractivity contribution is 5.96. The van der Waals surface area contributed by atoms with Crippen LogP contribution in [-0.2, 0) is 20.9 Å². The fraction of sp³-hybridized carbons (Fsp3) is 0.200. The summed E-state index contributed by atoms with van der Waals surface area (Å²) in [4.78, 5) is 35.4. The van der Waals surface area contributed by atoms with Crippen LogP contribution in [-0.4, -0.2) is 40.3 Å². The summed E-state index contributed by atoms with van der Waals surface area (Å²) in [6.45, 7) is 3.55. The number of ether oxygens (including phenoxy) is 1. The Morgan fingerprint density at radius 1 is 1.03 bits per heavy atom. The van der Waals surface area contributed by atoms with Crippen molar-refractivity contribution < 1.29 is 19.1 Å². The van der Waals surface area contributed by atoms with Crippen molar-refractivity contribution in [3.05, 3.63) is 84.1 Å². The molecule has 0 aliphatic carbocycles. The summed E-state index contributed by atoms with van der Waals surface area (Å²) in [5.41, 5.74) is 3.46. The molecule has 0 spiro atoms. The minimum atomic E-state index is -0.712. The van der Waals surface area contributed by atoms with E-state index < -0.39 is 24.5 Å². The van der Waals surface area contributed by atoms with Crippen molar-refractivity contribution in [3.8, 4) is 11.3 Å². The second-order valence-corrected chi connectivity index (χ2v) is 7.60. The van der Waals surface area contributed by atoms with E-state index in [0.717, 1.165) is 22.4 Å². The van der Waals surface area contributed by atoms with Crippen LogP contribution < -0.4 is 10.6 Å². The molecule has 0 aliphatic rings. The van der Waals surface area contributed by atoms with E-state index in [1.165, 1.54) is 6.08 Å². The van der Waals surface area contributed by atoms with E-state index in [4.69, 9.17) is 4.74 Å². The lowest BCUT2D eigenvalue weighted by molar-refractivity contribution is -0.143. The number of carbonyl (C=O) groups is 3. The van der Waals surface area contributed by atoms with Crippen LogP contribution in [0, 0.1) is 0 Å². The summed E-state index contributed by atoms with van der Waals surface area (Å²) in [5.74, 6) is -1.42. The van der Waals surface area contributed by atoms with Gasteiger partial charge < -0.3 is 10.1 Å². The van der Waals surface area contributed by atoms with E-state index in [2.05, 4.69) is 15.7 Å². The monoisotopic (exact) mass is 446 g/mol. The molecule has 0 saturated heterocycles. The molecular weight excluding hydrogens is 420 g/mol. The number of rotatable bonds is 8. The Labute approximate surface area is 192 Å². The van der Waals surface area contributed by atoms with Crippen LogP contribution in [0.4, 0.5) is 4.79 Å². The molecule has 0 aliphatic heterocycles. The van der Waals surface area contributed by atoms with Crippen LogP contribution in [0.25, 0.3) is 17.3 Å². The number of nitrogens with zero attached hydrogens (tertiary/aromatic N) is 2. The van der Waals surface area contributed by atoms with Gasteiger partial charge in [0.25, 0.3) is 5.91 Å². The minimum absolute atomic E-state index is 0.120. The zero-order chi connectivity index (χ0) is 23.6. The molecule has 0 fully saturated rings. The first kappa shape index (κ1) is 23.5. The first-order valence-electron chi connectivity index (χ1n) is 10.5. The third-order valence-corrected chi connectivity index (χ3v) is 4.44. The number of amides is 3. The summed E-state index contributed by atoms with van der Waals surface area (Å²) in [6, 6.07) is 18.8. The molecule has 0 atom stereocenters. The van der Waals surface area contributed by atoms with E-state index in [1.807, 2.05) is 71.5 Å². The quantitative estimate of drug-likeness (QED) is 0.408. The molecular formula is C25H26N4O4. The third kappa shape index (κ3) is 7.46. The first-order valence-corrected chi connectivity index (χ1v) is 10.5. The highest BCUT2D eigenvalue weighted by atomic mass is 16.5. The van der Waals surface area contributed by atoms with Crippen LogP contribution in [0.15, 0.2) is 72.9 Å². The second kappa shape index (κ2) is 11.4. The van der Waals surface area contributed by atoms with Crippen LogP contribution in [0.2, 0.25) is 0 Å². The Morgan fingerprint density at radius 2 is 1.70 bits per heavy atom. The molecule has 0 radical (unpaired) electrons. The highest BCUT2D eigenvalue weighted by Gasteiger charge is 2.12. The molecule has 3 rings (SSSR count). The molecule has 1 heterocycles. The molecule has 3 amide bonds. The van der Waals surface area contributed by atoms with Gasteiger partial charge in [-0.1, -0.05) is 60.7 Å². The average molecular weight is 447 g/mol. The summed E-state index contributed by atoms with van der Waals surface area (Å²) in [6.07, 6.45) is 4.68. The van der Waals surface area contributed by atoms with Gasteiger partial charge in [0.1, 0.15) is 0 Å². The Hall–Kier alpha value is -4.20. The van der Waals surface area contributed by atoms with Crippen molar-refractivity contribution in [3.63, 3.8) is 0 Å². The van der Waals surface area contributed by atoms with E-state index in [-0.39, 0.29) is 6.04 Å².